The molecule has 0 fully saturated rings. The Hall–Kier alpha value is -1.09. The van der Waals surface area contributed by atoms with E-state index in [1.54, 1.807) is 6.07 Å². The van der Waals surface area contributed by atoms with Crippen LogP contribution in [0.1, 0.15) is 38.3 Å². The highest BCUT2D eigenvalue weighted by Crippen LogP contribution is 2.36. The summed E-state index contributed by atoms with van der Waals surface area (Å²) in [5.74, 6) is 0.794. The summed E-state index contributed by atoms with van der Waals surface area (Å²) in [6, 6.07) is 4.56. The molecule has 3 atom stereocenters. The van der Waals surface area contributed by atoms with Crippen molar-refractivity contribution >= 4 is 0 Å². The van der Waals surface area contributed by atoms with Crippen LogP contribution >= 0.6 is 0 Å². The topological polar surface area (TPSA) is 35.2 Å². The van der Waals surface area contributed by atoms with E-state index >= 15 is 0 Å². The summed E-state index contributed by atoms with van der Waals surface area (Å²) in [4.78, 5) is 0. The average Bonchev–Trinajstić information content (AvgIpc) is 2.27. The predicted molar refractivity (Wildman–Crippen MR) is 61.8 cm³/mol. The minimum absolute atomic E-state index is 0.0386. The van der Waals surface area contributed by atoms with E-state index in [4.69, 9.17) is 10.5 Å². The van der Waals surface area contributed by atoms with E-state index in [9.17, 15) is 4.39 Å². The maximum atomic E-state index is 13.1. The van der Waals surface area contributed by atoms with Gasteiger partial charge in [-0.2, -0.15) is 0 Å². The second kappa shape index (κ2) is 4.42. The number of nitrogens with two attached hydrogens (primary N) is 1. The summed E-state index contributed by atoms with van der Waals surface area (Å²) in [6.07, 6.45) is 1.96. The van der Waals surface area contributed by atoms with Gasteiger partial charge in [0.25, 0.3) is 0 Å². The Morgan fingerprint density at radius 2 is 2.31 bits per heavy atom. The Balaban J connectivity index is 2.27. The lowest BCUT2D eigenvalue weighted by atomic mass is 9.90. The molecule has 1 aliphatic rings. The van der Waals surface area contributed by atoms with E-state index in [-0.39, 0.29) is 18.0 Å². The first-order valence-corrected chi connectivity index (χ1v) is 5.83. The van der Waals surface area contributed by atoms with Gasteiger partial charge in [0.1, 0.15) is 17.7 Å². The summed E-state index contributed by atoms with van der Waals surface area (Å²) in [7, 11) is 0. The smallest absolute Gasteiger partial charge is 0.127 e. The molecule has 88 valence electrons. The van der Waals surface area contributed by atoms with Gasteiger partial charge in [0.2, 0.25) is 0 Å². The fraction of sp³-hybridized carbons (Fsp3) is 0.538. The van der Waals surface area contributed by atoms with Crippen LogP contribution in [-0.4, -0.2) is 6.10 Å². The highest BCUT2D eigenvalue weighted by molar-refractivity contribution is 5.38. The normalized spacial score (nSPS) is 25.8. The van der Waals surface area contributed by atoms with E-state index in [0.29, 0.717) is 11.7 Å². The van der Waals surface area contributed by atoms with Gasteiger partial charge in [0.15, 0.2) is 0 Å². The number of hydrogen-bond acceptors (Lipinski definition) is 2. The summed E-state index contributed by atoms with van der Waals surface area (Å²) in [5.41, 5.74) is 6.99. The van der Waals surface area contributed by atoms with E-state index in [2.05, 4.69) is 13.8 Å². The third-order valence-electron chi connectivity index (χ3n) is 3.42. The van der Waals surface area contributed by atoms with Gasteiger partial charge in [-0.25, -0.2) is 4.39 Å². The maximum absolute atomic E-state index is 13.1. The Kier molecular flexibility index (Phi) is 3.15. The Labute approximate surface area is 95.6 Å². The van der Waals surface area contributed by atoms with Crippen LogP contribution in [0.15, 0.2) is 18.2 Å². The molecular formula is C13H18FNO. The number of hydrogen-bond donors (Lipinski definition) is 1. The molecule has 1 aromatic rings. The molecule has 2 N–H and O–H groups in total. The van der Waals surface area contributed by atoms with Gasteiger partial charge in [0, 0.05) is 24.1 Å². The number of halogens is 1. The molecule has 3 unspecified atom stereocenters. The van der Waals surface area contributed by atoms with Gasteiger partial charge in [-0.3, -0.25) is 0 Å². The van der Waals surface area contributed by atoms with Crippen molar-refractivity contribution in [3.63, 3.8) is 0 Å². The van der Waals surface area contributed by atoms with Gasteiger partial charge in [-0.15, -0.1) is 0 Å². The zero-order valence-electron chi connectivity index (χ0n) is 9.74. The van der Waals surface area contributed by atoms with Crippen LogP contribution < -0.4 is 10.5 Å². The molecule has 0 saturated carbocycles. The first-order chi connectivity index (χ1) is 7.61. The SMILES string of the molecule is CCC(C)C1CC(N)c2ccc(F)cc2O1. The third-order valence-corrected chi connectivity index (χ3v) is 3.42. The van der Waals surface area contributed by atoms with Crippen molar-refractivity contribution in [2.45, 2.75) is 38.8 Å². The van der Waals surface area contributed by atoms with Crippen LogP contribution in [0.4, 0.5) is 4.39 Å². The number of rotatable bonds is 2. The van der Waals surface area contributed by atoms with E-state index in [1.807, 2.05) is 0 Å². The van der Waals surface area contributed by atoms with Crippen molar-refractivity contribution in [3.8, 4) is 5.75 Å². The zero-order chi connectivity index (χ0) is 11.7. The van der Waals surface area contributed by atoms with Gasteiger partial charge in [0.05, 0.1) is 0 Å². The lowest BCUT2D eigenvalue weighted by Crippen LogP contribution is -2.34. The fourth-order valence-electron chi connectivity index (χ4n) is 2.12. The molecule has 0 radical (unpaired) electrons. The molecular weight excluding hydrogens is 205 g/mol. The number of ether oxygens (including phenoxy) is 1. The van der Waals surface area contributed by atoms with Gasteiger partial charge >= 0.3 is 0 Å². The molecule has 3 heteroatoms. The largest absolute Gasteiger partial charge is 0.490 e. The van der Waals surface area contributed by atoms with Crippen molar-refractivity contribution < 1.29 is 9.13 Å². The van der Waals surface area contributed by atoms with Crippen LogP contribution in [-0.2, 0) is 0 Å². The van der Waals surface area contributed by atoms with Gasteiger partial charge < -0.3 is 10.5 Å². The molecule has 0 spiro atoms. The summed E-state index contributed by atoms with van der Waals surface area (Å²) >= 11 is 0. The van der Waals surface area contributed by atoms with Gasteiger partial charge in [-0.05, 0) is 12.0 Å². The van der Waals surface area contributed by atoms with Crippen molar-refractivity contribution in [1.29, 1.82) is 0 Å². The maximum Gasteiger partial charge on any atom is 0.127 e. The first kappa shape index (κ1) is 11.4. The second-order valence-electron chi connectivity index (χ2n) is 4.57. The Bertz CT molecular complexity index is 380. The van der Waals surface area contributed by atoms with E-state index in [1.165, 1.54) is 12.1 Å². The molecule has 0 saturated heterocycles. The third kappa shape index (κ3) is 2.05. The lowest BCUT2D eigenvalue weighted by molar-refractivity contribution is 0.104. The molecule has 1 aliphatic heterocycles. The highest BCUT2D eigenvalue weighted by atomic mass is 19.1. The molecule has 0 bridgehead atoms. The molecule has 16 heavy (non-hydrogen) atoms. The molecule has 1 heterocycles. The number of fused-ring (bicyclic) bond motifs is 1. The standard InChI is InChI=1S/C13H18FNO/c1-3-8(2)12-7-11(15)10-5-4-9(14)6-13(10)16-12/h4-6,8,11-12H,3,7,15H2,1-2H3. The molecule has 1 aromatic carbocycles. The Morgan fingerprint density at radius 3 is 3.00 bits per heavy atom. The number of benzene rings is 1. The molecule has 0 aliphatic carbocycles. The van der Waals surface area contributed by atoms with Crippen LogP contribution in [0, 0.1) is 11.7 Å². The molecule has 2 nitrogen and oxygen atoms in total. The monoisotopic (exact) mass is 223 g/mol. The van der Waals surface area contributed by atoms with Crippen molar-refractivity contribution in [2.75, 3.05) is 0 Å². The quantitative estimate of drug-likeness (QED) is 0.836. The highest BCUT2D eigenvalue weighted by Gasteiger charge is 2.29. The van der Waals surface area contributed by atoms with Crippen LogP contribution in [0.2, 0.25) is 0 Å². The van der Waals surface area contributed by atoms with E-state index in [0.717, 1.165) is 18.4 Å². The molecule has 0 aromatic heterocycles. The van der Waals surface area contributed by atoms with Crippen molar-refractivity contribution in [2.24, 2.45) is 11.7 Å². The van der Waals surface area contributed by atoms with Gasteiger partial charge in [-0.1, -0.05) is 26.3 Å². The summed E-state index contributed by atoms with van der Waals surface area (Å²) < 4.78 is 18.9. The fourth-order valence-corrected chi connectivity index (χ4v) is 2.12. The molecule has 0 amide bonds. The van der Waals surface area contributed by atoms with Crippen LogP contribution in [0.25, 0.3) is 0 Å². The lowest BCUT2D eigenvalue weighted by Gasteiger charge is -2.33. The minimum atomic E-state index is -0.268. The first-order valence-electron chi connectivity index (χ1n) is 5.83. The van der Waals surface area contributed by atoms with Crippen LogP contribution in [0.3, 0.4) is 0 Å². The van der Waals surface area contributed by atoms with Crippen molar-refractivity contribution in [3.05, 3.63) is 29.6 Å². The zero-order valence-corrected chi connectivity index (χ0v) is 9.74. The Morgan fingerprint density at radius 1 is 1.56 bits per heavy atom. The second-order valence-corrected chi connectivity index (χ2v) is 4.57. The minimum Gasteiger partial charge on any atom is -0.490 e. The summed E-state index contributed by atoms with van der Waals surface area (Å²) in [6.45, 7) is 4.27. The predicted octanol–water partition coefficient (Wildman–Crippen LogP) is 3.02. The van der Waals surface area contributed by atoms with E-state index < -0.39 is 0 Å². The molecule has 2 rings (SSSR count). The summed E-state index contributed by atoms with van der Waals surface area (Å²) in [5, 5.41) is 0. The average molecular weight is 223 g/mol. The van der Waals surface area contributed by atoms with Crippen molar-refractivity contribution in [1.82, 2.24) is 0 Å². The van der Waals surface area contributed by atoms with Crippen LogP contribution in [0.5, 0.6) is 5.75 Å².